The number of halogens is 1. The zero-order chi connectivity index (χ0) is 28.0. The molecule has 0 unspecified atom stereocenters. The van der Waals surface area contributed by atoms with Gasteiger partial charge in [0.25, 0.3) is 5.91 Å². The van der Waals surface area contributed by atoms with Crippen molar-refractivity contribution in [1.82, 2.24) is 13.8 Å². The maximum Gasteiger partial charge on any atom is 0.258 e. The molecule has 0 aliphatic carbocycles. The van der Waals surface area contributed by atoms with E-state index in [0.29, 0.717) is 49.7 Å². The lowest BCUT2D eigenvalue weighted by molar-refractivity contribution is -0.130. The Morgan fingerprint density at radius 3 is 2.52 bits per heavy atom. The largest absolute Gasteiger partial charge is 0.379 e. The molecule has 0 spiro atoms. The zero-order valence-electron chi connectivity index (χ0n) is 22.3. The molecule has 2 saturated heterocycles. The van der Waals surface area contributed by atoms with E-state index in [9.17, 15) is 18.0 Å². The van der Waals surface area contributed by atoms with Crippen LogP contribution >= 0.6 is 15.9 Å². The number of amides is 2. The van der Waals surface area contributed by atoms with Crippen LogP contribution in [0.3, 0.4) is 0 Å². The van der Waals surface area contributed by atoms with Crippen LogP contribution < -0.4 is 4.90 Å². The maximum atomic E-state index is 13.6. The Labute approximate surface area is 242 Å². The molecule has 210 valence electrons. The number of aromatic nitrogens is 1. The van der Waals surface area contributed by atoms with E-state index in [-0.39, 0.29) is 23.3 Å². The number of rotatable bonds is 6. The van der Waals surface area contributed by atoms with E-state index in [1.54, 1.807) is 23.1 Å². The molecule has 2 aromatic carbocycles. The van der Waals surface area contributed by atoms with Crippen molar-refractivity contribution in [3.63, 3.8) is 0 Å². The number of fused-ring (bicyclic) bond motifs is 2. The van der Waals surface area contributed by atoms with Crippen LogP contribution in [0.1, 0.15) is 30.9 Å². The molecule has 1 aromatic heterocycles. The van der Waals surface area contributed by atoms with Gasteiger partial charge in [0.1, 0.15) is 6.54 Å². The van der Waals surface area contributed by atoms with Crippen molar-refractivity contribution in [1.29, 1.82) is 0 Å². The summed E-state index contributed by atoms with van der Waals surface area (Å²) in [5.41, 5.74) is 3.39. The van der Waals surface area contributed by atoms with Crippen molar-refractivity contribution >= 4 is 66.0 Å². The van der Waals surface area contributed by atoms with Gasteiger partial charge in [-0.15, -0.1) is 0 Å². The van der Waals surface area contributed by atoms with Crippen LogP contribution in [0.2, 0.25) is 0 Å². The third kappa shape index (κ3) is 4.78. The van der Waals surface area contributed by atoms with E-state index in [0.717, 1.165) is 46.9 Å². The Bertz CT molecular complexity index is 1640. The van der Waals surface area contributed by atoms with Crippen LogP contribution in [0.15, 0.2) is 52.0 Å². The number of hydrogen-bond donors (Lipinski definition) is 0. The van der Waals surface area contributed by atoms with Crippen molar-refractivity contribution in [3.05, 3.63) is 58.2 Å². The van der Waals surface area contributed by atoms with Crippen molar-refractivity contribution < 1.29 is 22.7 Å². The molecule has 0 radical (unpaired) electrons. The van der Waals surface area contributed by atoms with Gasteiger partial charge in [-0.1, -0.05) is 15.9 Å². The molecule has 2 fully saturated rings. The Morgan fingerprint density at radius 1 is 1.05 bits per heavy atom. The van der Waals surface area contributed by atoms with Gasteiger partial charge in [-0.25, -0.2) is 8.42 Å². The van der Waals surface area contributed by atoms with Gasteiger partial charge in [-0.2, -0.15) is 4.31 Å². The third-order valence-corrected chi connectivity index (χ3v) is 10.3. The van der Waals surface area contributed by atoms with E-state index < -0.39 is 10.0 Å². The average Bonchev–Trinajstić information content (AvgIpc) is 3.67. The molecule has 40 heavy (non-hydrogen) atoms. The molecule has 9 nitrogen and oxygen atoms in total. The van der Waals surface area contributed by atoms with Gasteiger partial charge >= 0.3 is 0 Å². The third-order valence-electron chi connectivity index (χ3n) is 7.89. The van der Waals surface area contributed by atoms with Crippen LogP contribution in [0.4, 0.5) is 5.69 Å². The normalized spacial score (nSPS) is 19.2. The molecular formula is C29H31BrN4O5S. The van der Waals surface area contributed by atoms with E-state index in [1.165, 1.54) is 4.31 Å². The summed E-state index contributed by atoms with van der Waals surface area (Å²) < 4.78 is 36.4. The van der Waals surface area contributed by atoms with Gasteiger partial charge in [-0.3, -0.25) is 9.59 Å². The highest BCUT2D eigenvalue weighted by molar-refractivity contribution is 9.10. The Hall–Kier alpha value is -2.99. The summed E-state index contributed by atoms with van der Waals surface area (Å²) in [6.07, 6.45) is 5.80. The number of nitrogens with zero attached hydrogens (tertiary/aromatic N) is 4. The lowest BCUT2D eigenvalue weighted by Crippen LogP contribution is -2.40. The second-order valence-corrected chi connectivity index (χ2v) is 13.1. The lowest BCUT2D eigenvalue weighted by Gasteiger charge is -2.26. The molecule has 6 rings (SSSR count). The van der Waals surface area contributed by atoms with E-state index in [1.807, 2.05) is 46.9 Å². The second-order valence-electron chi connectivity index (χ2n) is 10.3. The molecule has 0 atom stereocenters. The fourth-order valence-corrected chi connectivity index (χ4v) is 7.59. The van der Waals surface area contributed by atoms with Crippen LogP contribution in [0.5, 0.6) is 0 Å². The minimum Gasteiger partial charge on any atom is -0.379 e. The van der Waals surface area contributed by atoms with Crippen molar-refractivity contribution in [3.8, 4) is 0 Å². The van der Waals surface area contributed by atoms with E-state index in [2.05, 4.69) is 15.9 Å². The quantitative estimate of drug-likeness (QED) is 0.386. The summed E-state index contributed by atoms with van der Waals surface area (Å²) in [5, 5.41) is 0.900. The van der Waals surface area contributed by atoms with Crippen LogP contribution in [-0.4, -0.2) is 79.9 Å². The lowest BCUT2D eigenvalue weighted by atomic mass is 10.0. The van der Waals surface area contributed by atoms with Gasteiger partial charge < -0.3 is 19.1 Å². The van der Waals surface area contributed by atoms with Crippen LogP contribution in [0, 0.1) is 0 Å². The minimum atomic E-state index is -3.74. The predicted octanol–water partition coefficient (Wildman–Crippen LogP) is 3.95. The fraction of sp³-hybridized carbons (Fsp3) is 0.379. The average molecular weight is 628 g/mol. The maximum absolute atomic E-state index is 13.6. The number of carbonyl (C=O) groups excluding carboxylic acids is 2. The Morgan fingerprint density at radius 2 is 1.80 bits per heavy atom. The summed E-state index contributed by atoms with van der Waals surface area (Å²) in [6, 6.07) is 10.8. The fourth-order valence-electron chi connectivity index (χ4n) is 5.80. The minimum absolute atomic E-state index is 0.0777. The van der Waals surface area contributed by atoms with Gasteiger partial charge in [0, 0.05) is 71.0 Å². The van der Waals surface area contributed by atoms with Gasteiger partial charge in [0.05, 0.1) is 23.8 Å². The molecule has 3 aromatic rings. The highest BCUT2D eigenvalue weighted by Gasteiger charge is 2.34. The smallest absolute Gasteiger partial charge is 0.258 e. The number of benzene rings is 2. The molecular weight excluding hydrogens is 596 g/mol. The monoisotopic (exact) mass is 626 g/mol. The first-order valence-corrected chi connectivity index (χ1v) is 15.8. The Balaban J connectivity index is 1.43. The highest BCUT2D eigenvalue weighted by Crippen LogP contribution is 2.40. The number of anilines is 1. The Kier molecular flexibility index (Phi) is 7.32. The molecule has 2 amide bonds. The number of likely N-dealkylation sites (tertiary alicyclic amines) is 1. The highest BCUT2D eigenvalue weighted by atomic mass is 79.9. The number of carbonyl (C=O) groups is 2. The summed E-state index contributed by atoms with van der Waals surface area (Å²) in [5.74, 6) is -0.101. The van der Waals surface area contributed by atoms with Gasteiger partial charge in [0.15, 0.2) is 0 Å². The number of hydrogen-bond acceptors (Lipinski definition) is 5. The first-order chi connectivity index (χ1) is 19.3. The van der Waals surface area contributed by atoms with Crippen LogP contribution in [0.25, 0.3) is 22.6 Å². The van der Waals surface area contributed by atoms with Crippen LogP contribution in [-0.2, 0) is 30.9 Å². The van der Waals surface area contributed by atoms with Gasteiger partial charge in [-0.05, 0) is 62.2 Å². The summed E-state index contributed by atoms with van der Waals surface area (Å²) >= 11 is 3.56. The molecule has 0 N–H and O–H groups in total. The van der Waals surface area contributed by atoms with E-state index in [4.69, 9.17) is 4.74 Å². The first-order valence-electron chi connectivity index (χ1n) is 13.6. The predicted molar refractivity (Wildman–Crippen MR) is 157 cm³/mol. The van der Waals surface area contributed by atoms with Gasteiger partial charge in [0.2, 0.25) is 15.9 Å². The first kappa shape index (κ1) is 27.2. The molecule has 4 heterocycles. The summed E-state index contributed by atoms with van der Waals surface area (Å²) in [4.78, 5) is 30.3. The number of ether oxygens (including phenoxy) is 1. The standard InChI is InChI=1S/C29H31BrN4O5S/c1-2-34-27-8-6-22(40(37,38)33-11-13-39-14-12-33)17-24(27)25(29(34)36)15-20-18-32(19-28(35)31-9-3-4-10-31)26-7-5-21(30)16-23(20)26/h5-8,15-18H,2-4,9-14,19H2,1H3/b25-15-. The number of likely N-dealkylation sites (N-methyl/N-ethyl adjacent to an activating group) is 1. The zero-order valence-corrected chi connectivity index (χ0v) is 24.7. The molecule has 11 heteroatoms. The second kappa shape index (κ2) is 10.8. The molecule has 3 aliphatic rings. The SMILES string of the molecule is CCN1C(=O)/C(=C\c2cn(CC(=O)N3CCCC3)c3ccc(Br)cc23)c2cc(S(=O)(=O)N3CCOCC3)ccc21. The number of morpholine rings is 1. The molecule has 0 bridgehead atoms. The van der Waals surface area contributed by atoms with E-state index >= 15 is 0 Å². The molecule has 0 saturated carbocycles. The van der Waals surface area contributed by atoms with Crippen molar-refractivity contribution in [2.24, 2.45) is 0 Å². The topological polar surface area (TPSA) is 92.2 Å². The number of sulfonamides is 1. The summed E-state index contributed by atoms with van der Waals surface area (Å²) in [6.45, 7) is 5.46. The summed E-state index contributed by atoms with van der Waals surface area (Å²) in [7, 11) is -3.74. The van der Waals surface area contributed by atoms with Crippen molar-refractivity contribution in [2.45, 2.75) is 31.2 Å². The molecule has 3 aliphatic heterocycles. The van der Waals surface area contributed by atoms with Crippen molar-refractivity contribution in [2.75, 3.05) is 50.8 Å².